The molecular formula is C68H91ClN10O18S2. The molecule has 4 aromatic rings. The van der Waals surface area contributed by atoms with Crippen LogP contribution in [0.1, 0.15) is 168 Å². The topological polar surface area (TPSA) is 383 Å². The molecule has 12 rings (SSSR count). The van der Waals surface area contributed by atoms with Crippen molar-refractivity contribution in [1.82, 2.24) is 50.5 Å². The predicted molar refractivity (Wildman–Crippen MR) is 362 cm³/mol. The number of benzene rings is 2. The number of aliphatic hydroxyl groups is 1. The molecule has 6 heterocycles. The number of aliphatic hydroxyl groups excluding tert-OH is 1. The second kappa shape index (κ2) is 29.8. The first-order valence-electron chi connectivity index (χ1n) is 34.0. The van der Waals surface area contributed by atoms with Crippen LogP contribution in [0.2, 0.25) is 5.35 Å². The largest absolute Gasteiger partial charge is 0.445 e. The Labute approximate surface area is 580 Å². The highest BCUT2D eigenvalue weighted by Gasteiger charge is 2.64. The molecule has 0 radical (unpaired) electrons. The molecule has 2 aromatic heterocycles. The number of aromatic nitrogens is 2. The van der Waals surface area contributed by atoms with E-state index in [1.165, 1.54) is 9.80 Å². The van der Waals surface area contributed by atoms with Crippen molar-refractivity contribution < 1.29 is 83.3 Å². The molecule has 28 nitrogen and oxygen atoms in total. The molecule has 0 spiro atoms. The summed E-state index contributed by atoms with van der Waals surface area (Å²) in [6.45, 7) is 14.1. The van der Waals surface area contributed by atoms with Gasteiger partial charge in [0.25, 0.3) is 17.2 Å². The van der Waals surface area contributed by atoms with Crippen molar-refractivity contribution in [3.05, 3.63) is 77.2 Å². The number of nitrogens with zero attached hydrogens (tertiary/aromatic N) is 4. The Balaban J connectivity index is 0.000000188. The van der Waals surface area contributed by atoms with Crippen LogP contribution in [-0.2, 0) is 58.3 Å². The minimum Gasteiger partial charge on any atom is -0.445 e. The summed E-state index contributed by atoms with van der Waals surface area (Å²) >= 11 is 5.56. The molecule has 31 heteroatoms. The molecule has 8 aliphatic rings. The van der Waals surface area contributed by atoms with Crippen molar-refractivity contribution in [2.75, 3.05) is 13.1 Å². The summed E-state index contributed by atoms with van der Waals surface area (Å²) in [5.41, 5.74) is 0.302. The van der Waals surface area contributed by atoms with Crippen molar-refractivity contribution in [3.63, 3.8) is 0 Å². The van der Waals surface area contributed by atoms with E-state index in [2.05, 4.69) is 40.7 Å². The fourth-order valence-corrected chi connectivity index (χ4v) is 15.6. The predicted octanol–water partition coefficient (Wildman–Crippen LogP) is 7.02. The van der Waals surface area contributed by atoms with Crippen LogP contribution in [0.5, 0.6) is 6.08 Å². The average molecular weight is 1440 g/mol. The molecule has 540 valence electrons. The van der Waals surface area contributed by atoms with E-state index >= 15 is 0 Å². The smallest absolute Gasteiger partial charge is 0.408 e. The average Bonchev–Trinajstić information content (AvgIpc) is 1.58. The van der Waals surface area contributed by atoms with Gasteiger partial charge in [-0.15, -0.1) is 0 Å². The van der Waals surface area contributed by atoms with Gasteiger partial charge >= 0.3 is 18.3 Å². The molecule has 0 bridgehead atoms. The maximum Gasteiger partial charge on any atom is 0.408 e. The van der Waals surface area contributed by atoms with Gasteiger partial charge < -0.3 is 59.2 Å². The summed E-state index contributed by atoms with van der Waals surface area (Å²) in [5.74, 6) is -4.69. The SMILES string of the molecule is CC(C)(C)OC(=O)N[C@H]1CCCCC/C=C\[C@@H]2C[C@@]2(C(=O)NS(=O)(=O)C2CC2)NC(=O)[C@@H]2C[C@@H](O)CN2C1=O.Cc1ccc2oc(Cl)nc2c1.Cc1ccc2oc(O[C@@H]3C[C@H]4C(=O)N[C@]5(C(=O)NS(=O)(=O)C6CC6)C[C@H]5/C=C\CCCCC[C@H](NC(=O)OC(C)(C)C)C(=O)N4C3)nc2c1. The lowest BCUT2D eigenvalue weighted by atomic mass is 10.0. The summed E-state index contributed by atoms with van der Waals surface area (Å²) in [7, 11) is -7.70. The molecule has 4 aliphatic heterocycles. The third-order valence-corrected chi connectivity index (χ3v) is 22.2. The standard InChI is InChI=1S/C34H45N5O9S.C26H40N4O8S.C8H6ClNO/c1-20-12-15-27-25(16-20)36-32(47-27)46-22-17-26-28(40)37-34(30(42)38-49(44,45)23-13-14-23)18-21(34)10-8-6-5-7-9-11-24(29(41)39(26)19-22)35-31(43)48-33(2,3)4;1-25(2,3)38-24(35)27-19-10-8-6-4-5-7-9-16-14-26(16,23(34)29-39(36,37)18-11-12-18)28-21(32)20-13-17(31)15-30(20)22(19)33;1-5-2-3-7-6(4-5)10-8(9)11-7/h8,10,12,15-16,21-24,26H,5-7,9,11,13-14,17-19H2,1-4H3,(H,35,43)(H,37,40)(H,38,42);7,9,16-20,31H,4-6,8,10-15H2,1-3H3,(H,27,35)(H,28,32)(H,29,34);2-4H,1H3/b10-8-;9-7-;/t21-,22-,24+,26+,34-;16-,17-,19+,20+,26-;/m11./s1. The number of rotatable bonds is 10. The number of amides is 8. The molecule has 6 fully saturated rings. The maximum absolute atomic E-state index is 14.3. The second-order valence-corrected chi connectivity index (χ2v) is 33.4. The van der Waals surface area contributed by atoms with Gasteiger partial charge in [-0.1, -0.05) is 62.1 Å². The highest BCUT2D eigenvalue weighted by molar-refractivity contribution is 7.91. The number of ether oxygens (including phenoxy) is 3. The second-order valence-electron chi connectivity index (χ2n) is 29.2. The number of sulfonamides is 2. The number of allylic oxidation sites excluding steroid dienone is 2. The van der Waals surface area contributed by atoms with E-state index in [0.717, 1.165) is 47.9 Å². The number of hydrogen-bond acceptors (Lipinski definition) is 20. The lowest BCUT2D eigenvalue weighted by molar-refractivity contribution is -0.141. The first kappa shape index (κ1) is 73.9. The number of halogens is 1. The number of hydrogen-bond donors (Lipinski definition) is 7. The molecule has 10 atom stereocenters. The Morgan fingerprint density at radius 3 is 1.53 bits per heavy atom. The Kier molecular flexibility index (Phi) is 22.2. The summed E-state index contributed by atoms with van der Waals surface area (Å²) in [4.78, 5) is 119. The number of fused-ring (bicyclic) bond motifs is 6. The monoisotopic (exact) mass is 1430 g/mol. The van der Waals surface area contributed by atoms with Crippen LogP contribution in [0, 0.1) is 25.7 Å². The van der Waals surface area contributed by atoms with Crippen LogP contribution in [-0.4, -0.2) is 172 Å². The quantitative estimate of drug-likeness (QED) is 0.0784. The van der Waals surface area contributed by atoms with Crippen molar-refractivity contribution in [1.29, 1.82) is 0 Å². The molecule has 99 heavy (non-hydrogen) atoms. The van der Waals surface area contributed by atoms with Crippen molar-refractivity contribution in [2.45, 2.75) is 240 Å². The Bertz CT molecular complexity index is 4030. The van der Waals surface area contributed by atoms with Gasteiger partial charge in [-0.25, -0.2) is 26.4 Å². The van der Waals surface area contributed by atoms with Crippen LogP contribution in [0.3, 0.4) is 0 Å². The molecule has 4 saturated carbocycles. The third kappa shape index (κ3) is 19.0. The van der Waals surface area contributed by atoms with E-state index in [-0.39, 0.29) is 50.2 Å². The number of nitrogens with one attached hydrogen (secondary N) is 6. The minimum absolute atomic E-state index is 0.0156. The van der Waals surface area contributed by atoms with E-state index < -0.39 is 149 Å². The summed E-state index contributed by atoms with van der Waals surface area (Å²) in [6, 6.07) is 7.12. The third-order valence-electron chi connectivity index (χ3n) is 18.4. The van der Waals surface area contributed by atoms with Gasteiger partial charge in [-0.2, -0.15) is 9.97 Å². The maximum atomic E-state index is 14.3. The normalized spacial score (nSPS) is 28.4. The van der Waals surface area contributed by atoms with E-state index in [0.29, 0.717) is 75.3 Å². The first-order chi connectivity index (χ1) is 46.6. The van der Waals surface area contributed by atoms with E-state index in [1.54, 1.807) is 47.6 Å². The lowest BCUT2D eigenvalue weighted by Gasteiger charge is -2.30. The zero-order valence-corrected chi connectivity index (χ0v) is 59.4. The van der Waals surface area contributed by atoms with Gasteiger partial charge in [0.15, 0.2) is 11.2 Å². The van der Waals surface area contributed by atoms with Gasteiger partial charge in [-0.05, 0) is 179 Å². The van der Waals surface area contributed by atoms with Crippen molar-refractivity contribution in [2.24, 2.45) is 11.8 Å². The van der Waals surface area contributed by atoms with Gasteiger partial charge in [0, 0.05) is 31.2 Å². The fraction of sp³-hybridized carbons (Fsp3) is 0.618. The van der Waals surface area contributed by atoms with Crippen LogP contribution < -0.4 is 35.4 Å². The zero-order chi connectivity index (χ0) is 71.6. The fourth-order valence-electron chi connectivity index (χ4n) is 12.7. The van der Waals surface area contributed by atoms with Gasteiger partial charge in [0.2, 0.25) is 43.7 Å². The summed E-state index contributed by atoms with van der Waals surface area (Å²) < 4.78 is 82.5. The molecular weight excluding hydrogens is 1340 g/mol. The summed E-state index contributed by atoms with van der Waals surface area (Å²) in [6.07, 6.45) is 13.2. The van der Waals surface area contributed by atoms with Crippen LogP contribution in [0.25, 0.3) is 22.2 Å². The van der Waals surface area contributed by atoms with Gasteiger partial charge in [0.05, 0.1) is 23.1 Å². The number of carbonyl (C=O) groups excluding carboxylic acids is 8. The zero-order valence-electron chi connectivity index (χ0n) is 57.1. The number of alkyl carbamates (subject to hydrolysis) is 2. The number of oxazole rings is 2. The molecule has 7 N–H and O–H groups in total. The molecule has 0 unspecified atom stereocenters. The number of carbonyl (C=O) groups is 8. The van der Waals surface area contributed by atoms with Crippen LogP contribution >= 0.6 is 11.6 Å². The van der Waals surface area contributed by atoms with Gasteiger partial charge in [0.1, 0.15) is 63.6 Å². The minimum atomic E-state index is -3.87. The van der Waals surface area contributed by atoms with Gasteiger partial charge in [-0.3, -0.25) is 38.2 Å². The lowest BCUT2D eigenvalue weighted by Crippen LogP contribution is -2.58. The molecule has 8 amide bonds. The molecule has 2 aromatic carbocycles. The Morgan fingerprint density at radius 1 is 0.616 bits per heavy atom. The van der Waals surface area contributed by atoms with E-state index in [4.69, 9.17) is 34.6 Å². The van der Waals surface area contributed by atoms with Crippen LogP contribution in [0.15, 0.2) is 69.5 Å². The van der Waals surface area contributed by atoms with Crippen molar-refractivity contribution >= 4 is 101 Å². The highest BCUT2D eigenvalue weighted by Crippen LogP contribution is 2.48. The Morgan fingerprint density at radius 2 is 1.06 bits per heavy atom. The molecule has 4 aliphatic carbocycles. The van der Waals surface area contributed by atoms with Crippen LogP contribution in [0.4, 0.5) is 9.59 Å². The van der Waals surface area contributed by atoms with E-state index in [1.807, 2.05) is 68.5 Å². The molecule has 2 saturated heterocycles. The highest BCUT2D eigenvalue weighted by atomic mass is 35.5. The number of aryl methyl sites for hydroxylation is 2. The van der Waals surface area contributed by atoms with Crippen molar-refractivity contribution in [3.8, 4) is 6.08 Å². The first-order valence-corrected chi connectivity index (χ1v) is 37.5. The Hall–Kier alpha value is -7.83. The van der Waals surface area contributed by atoms with E-state index in [9.17, 15) is 60.3 Å². The summed E-state index contributed by atoms with van der Waals surface area (Å²) in [5, 5.41) is 20.3.